The number of benzene rings is 2. The van der Waals surface area contributed by atoms with E-state index in [-0.39, 0.29) is 12.4 Å². The number of fused-ring (bicyclic) bond motifs is 1. The summed E-state index contributed by atoms with van der Waals surface area (Å²) in [4.78, 5) is 22.9. The first-order valence-electron chi connectivity index (χ1n) is 8.39. The summed E-state index contributed by atoms with van der Waals surface area (Å²) in [6, 6.07) is 15.0. The standard InChI is InChI=1S/C19H19N5O.ClH/c20-17(25)13-7-9-14(10-8-13)21-19-22-16-6-2-1-5-15(16)18(23-19)24-11-3-4-12-24;/h1-2,5-10H,3-4,11-12H2,(H2,20,25)(H,21,22,23);1H. The number of aromatic nitrogens is 2. The number of halogens is 1. The summed E-state index contributed by atoms with van der Waals surface area (Å²) in [7, 11) is 0. The topological polar surface area (TPSA) is 84.1 Å². The van der Waals surface area contributed by atoms with E-state index in [1.165, 1.54) is 12.8 Å². The van der Waals surface area contributed by atoms with E-state index in [4.69, 9.17) is 10.7 Å². The number of primary amides is 1. The highest BCUT2D eigenvalue weighted by atomic mass is 35.5. The van der Waals surface area contributed by atoms with Crippen LogP contribution in [0.3, 0.4) is 0 Å². The summed E-state index contributed by atoms with van der Waals surface area (Å²) in [6.45, 7) is 2.04. The second kappa shape index (κ2) is 7.58. The maximum atomic E-state index is 11.2. The molecule has 7 heteroatoms. The number of para-hydroxylation sites is 1. The second-order valence-corrected chi connectivity index (χ2v) is 6.15. The first-order chi connectivity index (χ1) is 12.2. The quantitative estimate of drug-likeness (QED) is 0.735. The molecule has 3 N–H and O–H groups in total. The summed E-state index contributed by atoms with van der Waals surface area (Å²) in [6.07, 6.45) is 2.38. The molecule has 0 atom stereocenters. The van der Waals surface area contributed by atoms with E-state index in [1.54, 1.807) is 24.3 Å². The minimum atomic E-state index is -0.440. The van der Waals surface area contributed by atoms with Crippen LogP contribution < -0.4 is 16.0 Å². The van der Waals surface area contributed by atoms with E-state index < -0.39 is 5.91 Å². The molecule has 0 spiro atoms. The third kappa shape index (κ3) is 3.55. The van der Waals surface area contributed by atoms with E-state index in [1.807, 2.05) is 18.2 Å². The Labute approximate surface area is 157 Å². The Kier molecular flexibility index (Phi) is 5.23. The van der Waals surface area contributed by atoms with E-state index in [0.717, 1.165) is 35.5 Å². The van der Waals surface area contributed by atoms with Gasteiger partial charge in [-0.15, -0.1) is 12.4 Å². The van der Waals surface area contributed by atoms with Gasteiger partial charge in [-0.25, -0.2) is 4.98 Å². The molecule has 1 saturated heterocycles. The van der Waals surface area contributed by atoms with Crippen molar-refractivity contribution in [3.8, 4) is 0 Å². The number of hydrogen-bond acceptors (Lipinski definition) is 5. The monoisotopic (exact) mass is 369 g/mol. The Balaban J connectivity index is 0.00000196. The molecule has 4 rings (SSSR count). The van der Waals surface area contributed by atoms with Gasteiger partial charge in [0, 0.05) is 29.7 Å². The number of nitrogens with one attached hydrogen (secondary N) is 1. The Hall–Kier alpha value is -2.86. The second-order valence-electron chi connectivity index (χ2n) is 6.15. The normalized spacial score (nSPS) is 13.5. The maximum absolute atomic E-state index is 11.2. The van der Waals surface area contributed by atoms with Crippen molar-refractivity contribution < 1.29 is 4.79 Å². The van der Waals surface area contributed by atoms with E-state index in [0.29, 0.717) is 11.5 Å². The third-order valence-corrected chi connectivity index (χ3v) is 4.41. The number of carbonyl (C=O) groups is 1. The van der Waals surface area contributed by atoms with Crippen LogP contribution in [0.2, 0.25) is 0 Å². The number of nitrogens with zero attached hydrogens (tertiary/aromatic N) is 3. The van der Waals surface area contributed by atoms with Crippen LogP contribution in [0.5, 0.6) is 0 Å². The molecule has 1 aliphatic rings. The number of nitrogens with two attached hydrogens (primary N) is 1. The van der Waals surface area contributed by atoms with Gasteiger partial charge in [-0.2, -0.15) is 4.98 Å². The van der Waals surface area contributed by atoms with Crippen LogP contribution in [0.4, 0.5) is 17.5 Å². The fourth-order valence-electron chi connectivity index (χ4n) is 3.13. The van der Waals surface area contributed by atoms with Crippen molar-refractivity contribution in [2.75, 3.05) is 23.3 Å². The molecule has 134 valence electrons. The predicted octanol–water partition coefficient (Wildman–Crippen LogP) is 3.49. The van der Waals surface area contributed by atoms with Gasteiger partial charge < -0.3 is 16.0 Å². The van der Waals surface area contributed by atoms with Gasteiger partial charge in [0.15, 0.2) is 0 Å². The fraction of sp³-hybridized carbons (Fsp3) is 0.211. The molecule has 0 saturated carbocycles. The van der Waals surface area contributed by atoms with Gasteiger partial charge in [0.1, 0.15) is 5.82 Å². The summed E-state index contributed by atoms with van der Waals surface area (Å²) in [5.74, 6) is 1.08. The van der Waals surface area contributed by atoms with Crippen molar-refractivity contribution in [1.82, 2.24) is 9.97 Å². The van der Waals surface area contributed by atoms with E-state index in [9.17, 15) is 4.79 Å². The lowest BCUT2D eigenvalue weighted by molar-refractivity contribution is 0.100. The molecule has 26 heavy (non-hydrogen) atoms. The van der Waals surface area contributed by atoms with Gasteiger partial charge in [-0.3, -0.25) is 4.79 Å². The van der Waals surface area contributed by atoms with Crippen LogP contribution in [0.15, 0.2) is 48.5 Å². The zero-order valence-corrected chi connectivity index (χ0v) is 15.0. The van der Waals surface area contributed by atoms with Gasteiger partial charge in [0.25, 0.3) is 0 Å². The SMILES string of the molecule is Cl.NC(=O)c1ccc(Nc2nc(N3CCCC3)c3ccccc3n2)cc1. The van der Waals surface area contributed by atoms with Crippen molar-refractivity contribution in [2.24, 2.45) is 5.73 Å². The molecule has 1 aromatic heterocycles. The number of anilines is 3. The Bertz CT molecular complexity index is 923. The molecule has 1 aliphatic heterocycles. The molecule has 3 aromatic rings. The highest BCUT2D eigenvalue weighted by Gasteiger charge is 2.18. The van der Waals surface area contributed by atoms with Crippen LogP contribution in [0.1, 0.15) is 23.2 Å². The lowest BCUT2D eigenvalue weighted by Crippen LogP contribution is -2.20. The molecular weight excluding hydrogens is 350 g/mol. The van der Waals surface area contributed by atoms with E-state index in [2.05, 4.69) is 21.3 Å². The van der Waals surface area contributed by atoms with Crippen molar-refractivity contribution >= 4 is 46.7 Å². The largest absolute Gasteiger partial charge is 0.366 e. The first-order valence-corrected chi connectivity index (χ1v) is 8.39. The molecule has 6 nitrogen and oxygen atoms in total. The molecule has 0 unspecified atom stereocenters. The van der Waals surface area contributed by atoms with Gasteiger partial charge in [-0.05, 0) is 49.2 Å². The Morgan fingerprint density at radius 2 is 1.69 bits per heavy atom. The first kappa shape index (κ1) is 17.9. The predicted molar refractivity (Wildman–Crippen MR) is 106 cm³/mol. The van der Waals surface area contributed by atoms with Gasteiger partial charge >= 0.3 is 0 Å². The van der Waals surface area contributed by atoms with Crippen LogP contribution in [0.25, 0.3) is 10.9 Å². The van der Waals surface area contributed by atoms with E-state index >= 15 is 0 Å². The molecule has 0 aliphatic carbocycles. The molecule has 2 aromatic carbocycles. The van der Waals surface area contributed by atoms with Crippen molar-refractivity contribution in [2.45, 2.75) is 12.8 Å². The van der Waals surface area contributed by atoms with Crippen LogP contribution in [0, 0.1) is 0 Å². The average Bonchev–Trinajstić information content (AvgIpc) is 3.16. The number of carbonyl (C=O) groups excluding carboxylic acids is 1. The van der Waals surface area contributed by atoms with Crippen molar-refractivity contribution in [3.05, 3.63) is 54.1 Å². The van der Waals surface area contributed by atoms with Gasteiger partial charge in [-0.1, -0.05) is 12.1 Å². The summed E-state index contributed by atoms with van der Waals surface area (Å²) < 4.78 is 0. The average molecular weight is 370 g/mol. The number of hydrogen-bond donors (Lipinski definition) is 2. The van der Waals surface area contributed by atoms with Gasteiger partial charge in [0.2, 0.25) is 11.9 Å². The summed E-state index contributed by atoms with van der Waals surface area (Å²) in [5.41, 5.74) is 7.48. The molecular formula is C19H20ClN5O. The highest BCUT2D eigenvalue weighted by Crippen LogP contribution is 2.28. The number of amides is 1. The van der Waals surface area contributed by atoms with Crippen molar-refractivity contribution in [1.29, 1.82) is 0 Å². The minimum absolute atomic E-state index is 0. The molecule has 2 heterocycles. The summed E-state index contributed by atoms with van der Waals surface area (Å²) >= 11 is 0. The molecule has 1 amide bonds. The minimum Gasteiger partial charge on any atom is -0.366 e. The molecule has 0 radical (unpaired) electrons. The molecule has 1 fully saturated rings. The smallest absolute Gasteiger partial charge is 0.248 e. The van der Waals surface area contributed by atoms with Crippen LogP contribution in [-0.2, 0) is 0 Å². The Morgan fingerprint density at radius 1 is 1.00 bits per heavy atom. The maximum Gasteiger partial charge on any atom is 0.248 e. The lowest BCUT2D eigenvalue weighted by atomic mass is 10.2. The molecule has 0 bridgehead atoms. The fourth-order valence-corrected chi connectivity index (χ4v) is 3.13. The third-order valence-electron chi connectivity index (χ3n) is 4.41. The lowest BCUT2D eigenvalue weighted by Gasteiger charge is -2.19. The zero-order valence-electron chi connectivity index (χ0n) is 14.2. The zero-order chi connectivity index (χ0) is 17.2. The van der Waals surface area contributed by atoms with Crippen LogP contribution in [-0.4, -0.2) is 29.0 Å². The highest BCUT2D eigenvalue weighted by molar-refractivity contribution is 5.93. The summed E-state index contributed by atoms with van der Waals surface area (Å²) in [5, 5.41) is 4.29. The van der Waals surface area contributed by atoms with Gasteiger partial charge in [0.05, 0.1) is 5.52 Å². The Morgan fingerprint density at radius 3 is 2.38 bits per heavy atom. The van der Waals surface area contributed by atoms with Crippen LogP contribution >= 0.6 is 12.4 Å². The number of rotatable bonds is 4. The van der Waals surface area contributed by atoms with Crippen molar-refractivity contribution in [3.63, 3.8) is 0 Å².